The molecular formula is C14H17ClN2O4. The van der Waals surface area contributed by atoms with Gasteiger partial charge in [0.25, 0.3) is 11.6 Å². The van der Waals surface area contributed by atoms with Crippen molar-refractivity contribution in [3.63, 3.8) is 0 Å². The van der Waals surface area contributed by atoms with E-state index in [0.717, 1.165) is 0 Å². The van der Waals surface area contributed by atoms with Crippen LogP contribution in [0.3, 0.4) is 0 Å². The third-order valence-electron chi connectivity index (χ3n) is 3.76. The summed E-state index contributed by atoms with van der Waals surface area (Å²) < 4.78 is 5.29. The molecular weight excluding hydrogens is 296 g/mol. The van der Waals surface area contributed by atoms with E-state index in [-0.39, 0.29) is 17.5 Å². The topological polar surface area (TPSA) is 81.5 Å². The summed E-state index contributed by atoms with van der Waals surface area (Å²) in [5.74, 6) is -0.0467. The maximum absolute atomic E-state index is 12.4. The minimum absolute atomic E-state index is 0.0994. The van der Waals surface area contributed by atoms with Gasteiger partial charge in [0.1, 0.15) is 0 Å². The predicted molar refractivity (Wildman–Crippen MR) is 78.8 cm³/mol. The van der Waals surface area contributed by atoms with Crippen LogP contribution in [0.5, 0.6) is 0 Å². The van der Waals surface area contributed by atoms with Gasteiger partial charge in [0.05, 0.1) is 10.5 Å². The number of hydrogen-bond acceptors (Lipinski definition) is 4. The smallest absolute Gasteiger partial charge is 0.270 e. The zero-order valence-electron chi connectivity index (χ0n) is 11.7. The summed E-state index contributed by atoms with van der Waals surface area (Å²) >= 11 is 6.01. The molecule has 1 heterocycles. The third-order valence-corrected chi connectivity index (χ3v) is 4.27. The van der Waals surface area contributed by atoms with Crippen LogP contribution in [0.1, 0.15) is 28.8 Å². The zero-order valence-corrected chi connectivity index (χ0v) is 12.5. The van der Waals surface area contributed by atoms with Crippen molar-refractivity contribution in [2.75, 3.05) is 19.1 Å². The number of nitro groups is 1. The van der Waals surface area contributed by atoms with E-state index in [2.05, 4.69) is 5.32 Å². The molecule has 0 radical (unpaired) electrons. The zero-order chi connectivity index (χ0) is 15.5. The third kappa shape index (κ3) is 3.51. The molecule has 114 valence electrons. The summed E-state index contributed by atoms with van der Waals surface area (Å²) in [7, 11) is 0. The van der Waals surface area contributed by atoms with Crippen molar-refractivity contribution in [2.45, 2.75) is 25.3 Å². The molecule has 1 aromatic carbocycles. The number of non-ortho nitro benzene ring substituents is 1. The summed E-state index contributed by atoms with van der Waals surface area (Å²) in [6, 6.07) is 4.26. The largest absolute Gasteiger partial charge is 0.381 e. The van der Waals surface area contributed by atoms with Crippen LogP contribution in [0.25, 0.3) is 0 Å². The highest BCUT2D eigenvalue weighted by molar-refractivity contribution is 6.19. The molecule has 0 unspecified atom stereocenters. The fraction of sp³-hybridized carbons (Fsp3) is 0.500. The molecule has 0 saturated carbocycles. The van der Waals surface area contributed by atoms with Crippen LogP contribution in [0.15, 0.2) is 18.2 Å². The summed E-state index contributed by atoms with van der Waals surface area (Å²) in [4.78, 5) is 22.8. The van der Waals surface area contributed by atoms with Crippen LogP contribution in [0.2, 0.25) is 0 Å². The molecule has 1 aliphatic rings. The molecule has 1 aliphatic heterocycles. The summed E-state index contributed by atoms with van der Waals surface area (Å²) in [5, 5.41) is 13.8. The quantitative estimate of drug-likeness (QED) is 0.526. The van der Waals surface area contributed by atoms with Crippen LogP contribution in [0, 0.1) is 17.0 Å². The first-order valence-electron chi connectivity index (χ1n) is 6.69. The molecule has 1 aromatic rings. The lowest BCUT2D eigenvalue weighted by atomic mass is 9.91. The first-order valence-corrected chi connectivity index (χ1v) is 7.22. The van der Waals surface area contributed by atoms with Crippen molar-refractivity contribution in [1.82, 2.24) is 5.32 Å². The maximum Gasteiger partial charge on any atom is 0.270 e. The molecule has 7 heteroatoms. The van der Waals surface area contributed by atoms with Crippen molar-refractivity contribution >= 4 is 23.2 Å². The molecule has 1 amide bonds. The second kappa shape index (κ2) is 6.41. The van der Waals surface area contributed by atoms with Gasteiger partial charge in [-0.3, -0.25) is 14.9 Å². The Labute approximate surface area is 127 Å². The van der Waals surface area contributed by atoms with Crippen LogP contribution in [-0.4, -0.2) is 35.5 Å². The van der Waals surface area contributed by atoms with Gasteiger partial charge in [-0.1, -0.05) is 6.07 Å². The Morgan fingerprint density at radius 1 is 1.48 bits per heavy atom. The Morgan fingerprint density at radius 2 is 2.14 bits per heavy atom. The van der Waals surface area contributed by atoms with Gasteiger partial charge in [-0.05, 0) is 25.3 Å². The van der Waals surface area contributed by atoms with Crippen molar-refractivity contribution in [1.29, 1.82) is 0 Å². The number of rotatable bonds is 4. The van der Waals surface area contributed by atoms with E-state index in [1.165, 1.54) is 12.1 Å². The van der Waals surface area contributed by atoms with Crippen LogP contribution in [0.4, 0.5) is 5.69 Å². The molecule has 0 aromatic heterocycles. The normalized spacial score (nSPS) is 17.2. The van der Waals surface area contributed by atoms with Crippen molar-refractivity contribution in [3.8, 4) is 0 Å². The van der Waals surface area contributed by atoms with Crippen molar-refractivity contribution in [3.05, 3.63) is 39.4 Å². The molecule has 0 bridgehead atoms. The fourth-order valence-electron chi connectivity index (χ4n) is 2.33. The van der Waals surface area contributed by atoms with Crippen LogP contribution >= 0.6 is 11.6 Å². The number of amides is 1. The van der Waals surface area contributed by atoms with Gasteiger partial charge in [-0.2, -0.15) is 0 Å². The molecule has 1 N–H and O–H groups in total. The lowest BCUT2D eigenvalue weighted by Crippen LogP contribution is -2.53. The number of hydrogen-bond donors (Lipinski definition) is 1. The highest BCUT2D eigenvalue weighted by Gasteiger charge is 2.34. The van der Waals surface area contributed by atoms with E-state index in [0.29, 0.717) is 37.2 Å². The number of halogens is 1. The van der Waals surface area contributed by atoms with E-state index < -0.39 is 10.5 Å². The monoisotopic (exact) mass is 312 g/mol. The van der Waals surface area contributed by atoms with Crippen molar-refractivity contribution in [2.24, 2.45) is 0 Å². The lowest BCUT2D eigenvalue weighted by Gasteiger charge is -2.36. The Hall–Kier alpha value is -1.66. The summed E-state index contributed by atoms with van der Waals surface area (Å²) in [6.45, 7) is 2.83. The number of carbonyl (C=O) groups is 1. The molecule has 0 aliphatic carbocycles. The highest BCUT2D eigenvalue weighted by Crippen LogP contribution is 2.24. The Bertz CT molecular complexity index is 556. The van der Waals surface area contributed by atoms with Gasteiger partial charge in [0.15, 0.2) is 0 Å². The number of nitro benzene ring substituents is 1. The second-order valence-electron chi connectivity index (χ2n) is 5.24. The van der Waals surface area contributed by atoms with E-state index in [1.807, 2.05) is 0 Å². The number of ether oxygens (including phenoxy) is 1. The molecule has 1 fully saturated rings. The van der Waals surface area contributed by atoms with Gasteiger partial charge < -0.3 is 10.1 Å². The minimum atomic E-state index is -0.512. The van der Waals surface area contributed by atoms with E-state index in [1.54, 1.807) is 13.0 Å². The van der Waals surface area contributed by atoms with Crippen LogP contribution < -0.4 is 5.32 Å². The molecule has 2 rings (SSSR count). The first-order chi connectivity index (χ1) is 9.97. The lowest BCUT2D eigenvalue weighted by molar-refractivity contribution is -0.384. The number of alkyl halides is 1. The number of benzene rings is 1. The maximum atomic E-state index is 12.4. The molecule has 0 spiro atoms. The van der Waals surface area contributed by atoms with Crippen LogP contribution in [-0.2, 0) is 4.74 Å². The van der Waals surface area contributed by atoms with Gasteiger partial charge >= 0.3 is 0 Å². The fourth-order valence-corrected chi connectivity index (χ4v) is 2.66. The van der Waals surface area contributed by atoms with E-state index in [4.69, 9.17) is 16.3 Å². The molecule has 6 nitrogen and oxygen atoms in total. The van der Waals surface area contributed by atoms with Crippen molar-refractivity contribution < 1.29 is 14.5 Å². The average Bonchev–Trinajstić information content (AvgIpc) is 2.48. The van der Waals surface area contributed by atoms with Gasteiger partial charge in [0.2, 0.25) is 0 Å². The second-order valence-corrected chi connectivity index (χ2v) is 5.50. The minimum Gasteiger partial charge on any atom is -0.381 e. The number of aryl methyl sites for hydroxylation is 1. The standard InChI is InChI=1S/C14H17ClN2O4/c1-10-2-3-11(17(19)20)8-12(10)13(18)16-14(9-15)4-6-21-7-5-14/h2-3,8H,4-7,9H2,1H3,(H,16,18). The Kier molecular flexibility index (Phi) is 4.80. The molecule has 1 saturated heterocycles. The number of nitrogens with one attached hydrogen (secondary N) is 1. The molecule has 0 atom stereocenters. The van der Waals surface area contributed by atoms with Gasteiger partial charge in [0, 0.05) is 36.8 Å². The van der Waals surface area contributed by atoms with Gasteiger partial charge in [-0.25, -0.2) is 0 Å². The number of carbonyl (C=O) groups excluding carboxylic acids is 1. The Balaban J connectivity index is 2.23. The first kappa shape index (κ1) is 15.7. The van der Waals surface area contributed by atoms with Gasteiger partial charge in [-0.15, -0.1) is 11.6 Å². The number of nitrogens with zero attached hydrogens (tertiary/aromatic N) is 1. The highest BCUT2D eigenvalue weighted by atomic mass is 35.5. The summed E-state index contributed by atoms with van der Waals surface area (Å²) in [6.07, 6.45) is 1.27. The average molecular weight is 313 g/mol. The van der Waals surface area contributed by atoms with E-state index >= 15 is 0 Å². The predicted octanol–water partition coefficient (Wildman–Crippen LogP) is 2.42. The molecule has 21 heavy (non-hydrogen) atoms. The SMILES string of the molecule is Cc1ccc([N+](=O)[O-])cc1C(=O)NC1(CCl)CCOCC1. The Morgan fingerprint density at radius 3 is 2.71 bits per heavy atom. The summed E-state index contributed by atoms with van der Waals surface area (Å²) in [5.41, 5.74) is 0.390. The van der Waals surface area contributed by atoms with E-state index in [9.17, 15) is 14.9 Å².